The molecule has 0 amide bonds. The maximum atomic E-state index is 12.5. The van der Waals surface area contributed by atoms with E-state index in [1.807, 2.05) is 19.9 Å². The first-order valence-corrected chi connectivity index (χ1v) is 13.9. The van der Waals surface area contributed by atoms with Gasteiger partial charge in [0.05, 0.1) is 12.2 Å². The summed E-state index contributed by atoms with van der Waals surface area (Å²) in [5.41, 5.74) is 1.93. The van der Waals surface area contributed by atoms with Crippen LogP contribution < -0.4 is 0 Å². The largest absolute Gasteiger partial charge is 0.478 e. The third kappa shape index (κ3) is 4.47. The molecule has 10 unspecified atom stereocenters. The number of aliphatic hydroxyl groups excluding tert-OH is 2. The Kier molecular flexibility index (Phi) is 7.53. The predicted molar refractivity (Wildman–Crippen MR) is 138 cm³/mol. The standard InChI is InChI=1S/C30H46O6/c1-16(2)8-7-9-19(28(34)35)26-22-14-24(33)27-21(30(22,6)15-25(26)36-18(4)31)11-10-20-17(3)23(32)12-13-29(20,27)5/h8,17,20-25,27,32-33H,7,9-15H2,1-6H3,(H,34,35). The first-order chi connectivity index (χ1) is 16.8. The molecule has 0 aromatic heterocycles. The van der Waals surface area contributed by atoms with Crippen molar-refractivity contribution < 1.29 is 29.6 Å². The van der Waals surface area contributed by atoms with Crippen molar-refractivity contribution >= 4 is 11.9 Å². The lowest BCUT2D eigenvalue weighted by Crippen LogP contribution is -2.61. The summed E-state index contributed by atoms with van der Waals surface area (Å²) >= 11 is 0. The van der Waals surface area contributed by atoms with Gasteiger partial charge in [0.15, 0.2) is 0 Å². The van der Waals surface area contributed by atoms with Crippen LogP contribution in [0.2, 0.25) is 0 Å². The molecule has 3 N–H and O–H groups in total. The Bertz CT molecular complexity index is 947. The number of ether oxygens (including phenoxy) is 1. The molecule has 0 aromatic rings. The van der Waals surface area contributed by atoms with E-state index in [2.05, 4.69) is 20.8 Å². The quantitative estimate of drug-likeness (QED) is 0.269. The highest BCUT2D eigenvalue weighted by Gasteiger charge is 2.66. The van der Waals surface area contributed by atoms with Gasteiger partial charge < -0.3 is 20.1 Å². The average molecular weight is 503 g/mol. The topological polar surface area (TPSA) is 104 Å². The van der Waals surface area contributed by atoms with Gasteiger partial charge in [-0.25, -0.2) is 4.79 Å². The predicted octanol–water partition coefficient (Wildman–Crippen LogP) is 5.28. The maximum Gasteiger partial charge on any atom is 0.331 e. The van der Waals surface area contributed by atoms with E-state index in [0.29, 0.717) is 37.2 Å². The lowest BCUT2D eigenvalue weighted by Gasteiger charge is -2.64. The highest BCUT2D eigenvalue weighted by atomic mass is 16.5. The number of aliphatic carboxylic acids is 1. The van der Waals surface area contributed by atoms with Crippen LogP contribution >= 0.6 is 0 Å². The first kappa shape index (κ1) is 27.4. The van der Waals surface area contributed by atoms with E-state index in [4.69, 9.17) is 4.74 Å². The number of carboxylic acids is 1. The summed E-state index contributed by atoms with van der Waals surface area (Å²) in [5.74, 6) is -0.558. The molecule has 0 saturated heterocycles. The highest BCUT2D eigenvalue weighted by molar-refractivity contribution is 5.88. The molecule has 4 aliphatic carbocycles. The van der Waals surface area contributed by atoms with E-state index in [1.165, 1.54) is 6.92 Å². The van der Waals surface area contributed by atoms with Crippen LogP contribution in [0.25, 0.3) is 0 Å². The van der Waals surface area contributed by atoms with Gasteiger partial charge in [-0.15, -0.1) is 0 Å². The Labute approximate surface area is 216 Å². The monoisotopic (exact) mass is 502 g/mol. The Morgan fingerprint density at radius 2 is 1.69 bits per heavy atom. The second-order valence-electron chi connectivity index (χ2n) is 13.0. The number of carbonyl (C=O) groups is 2. The molecule has 4 aliphatic rings. The van der Waals surface area contributed by atoms with Gasteiger partial charge in [-0.2, -0.15) is 0 Å². The molecule has 36 heavy (non-hydrogen) atoms. The summed E-state index contributed by atoms with van der Waals surface area (Å²) in [4.78, 5) is 24.7. The van der Waals surface area contributed by atoms with Gasteiger partial charge in [0.2, 0.25) is 0 Å². The zero-order valence-corrected chi connectivity index (χ0v) is 22.9. The molecule has 6 nitrogen and oxygen atoms in total. The first-order valence-electron chi connectivity index (χ1n) is 13.9. The molecule has 4 saturated carbocycles. The minimum absolute atomic E-state index is 0.0581. The zero-order chi connectivity index (χ0) is 26.6. The molecule has 0 aliphatic heterocycles. The van der Waals surface area contributed by atoms with E-state index in [-0.39, 0.29) is 40.6 Å². The molecule has 0 spiro atoms. The second kappa shape index (κ2) is 9.90. The number of hydrogen-bond donors (Lipinski definition) is 3. The van der Waals surface area contributed by atoms with Crippen LogP contribution in [0, 0.1) is 40.4 Å². The van der Waals surface area contributed by atoms with Gasteiger partial charge in [0, 0.05) is 12.5 Å². The van der Waals surface area contributed by atoms with Crippen LogP contribution in [0.3, 0.4) is 0 Å². The normalized spacial score (nSPS) is 45.1. The maximum absolute atomic E-state index is 12.5. The number of hydrogen-bond acceptors (Lipinski definition) is 5. The Morgan fingerprint density at radius 3 is 2.31 bits per heavy atom. The summed E-state index contributed by atoms with van der Waals surface area (Å²) in [5, 5.41) is 32.6. The van der Waals surface area contributed by atoms with E-state index >= 15 is 0 Å². The molecule has 0 aromatic carbocycles. The fourth-order valence-corrected chi connectivity index (χ4v) is 9.24. The fourth-order valence-electron chi connectivity index (χ4n) is 9.24. The van der Waals surface area contributed by atoms with Gasteiger partial charge in [0.25, 0.3) is 0 Å². The van der Waals surface area contributed by atoms with E-state index in [0.717, 1.165) is 36.8 Å². The van der Waals surface area contributed by atoms with Crippen molar-refractivity contribution in [2.45, 2.75) is 111 Å². The van der Waals surface area contributed by atoms with Gasteiger partial charge in [-0.05, 0) is 111 Å². The number of carboxylic acid groups (broad SMARTS) is 1. The average Bonchev–Trinajstić information content (AvgIpc) is 3.04. The third-order valence-electron chi connectivity index (χ3n) is 10.8. The van der Waals surface area contributed by atoms with Crippen LogP contribution in [0.5, 0.6) is 0 Å². The third-order valence-corrected chi connectivity index (χ3v) is 10.8. The second-order valence-corrected chi connectivity index (χ2v) is 13.0. The molecule has 0 radical (unpaired) electrons. The Balaban J connectivity index is 1.77. The van der Waals surface area contributed by atoms with E-state index < -0.39 is 24.1 Å². The molecule has 202 valence electrons. The van der Waals surface area contributed by atoms with Crippen LogP contribution in [-0.4, -0.2) is 45.6 Å². The van der Waals surface area contributed by atoms with Crippen LogP contribution in [-0.2, 0) is 14.3 Å². The number of allylic oxidation sites excluding steroid dienone is 2. The molecule has 6 heteroatoms. The van der Waals surface area contributed by atoms with Gasteiger partial charge in [-0.1, -0.05) is 32.4 Å². The summed E-state index contributed by atoms with van der Waals surface area (Å²) < 4.78 is 5.83. The zero-order valence-electron chi connectivity index (χ0n) is 22.9. The van der Waals surface area contributed by atoms with Crippen molar-refractivity contribution in [1.82, 2.24) is 0 Å². The van der Waals surface area contributed by atoms with Gasteiger partial charge >= 0.3 is 11.9 Å². The molecular formula is C30H46O6. The molecule has 0 bridgehead atoms. The Hall–Kier alpha value is -1.66. The lowest BCUT2D eigenvalue weighted by molar-refractivity contribution is -0.191. The molecule has 4 rings (SSSR count). The molecule has 4 fully saturated rings. The van der Waals surface area contributed by atoms with Crippen LogP contribution in [0.1, 0.15) is 92.9 Å². The van der Waals surface area contributed by atoms with Crippen molar-refractivity contribution in [2.75, 3.05) is 0 Å². The number of esters is 1. The molecule has 0 heterocycles. The van der Waals surface area contributed by atoms with Crippen molar-refractivity contribution in [1.29, 1.82) is 0 Å². The van der Waals surface area contributed by atoms with Crippen LogP contribution in [0.4, 0.5) is 0 Å². The van der Waals surface area contributed by atoms with Crippen molar-refractivity contribution in [3.63, 3.8) is 0 Å². The van der Waals surface area contributed by atoms with Gasteiger partial charge in [-0.3, -0.25) is 4.79 Å². The summed E-state index contributed by atoms with van der Waals surface area (Å²) in [7, 11) is 0. The Morgan fingerprint density at radius 1 is 1.03 bits per heavy atom. The summed E-state index contributed by atoms with van der Waals surface area (Å²) in [6.07, 6.45) is 6.42. The van der Waals surface area contributed by atoms with Crippen LogP contribution in [0.15, 0.2) is 22.8 Å². The number of aliphatic hydroxyl groups is 2. The molecule has 10 atom stereocenters. The summed E-state index contributed by atoms with van der Waals surface area (Å²) in [6.45, 7) is 12.1. The minimum atomic E-state index is -0.948. The smallest absolute Gasteiger partial charge is 0.331 e. The minimum Gasteiger partial charge on any atom is -0.478 e. The number of rotatable bonds is 5. The van der Waals surface area contributed by atoms with E-state index in [1.54, 1.807) is 0 Å². The van der Waals surface area contributed by atoms with Crippen molar-refractivity contribution in [2.24, 2.45) is 40.4 Å². The number of fused-ring (bicyclic) bond motifs is 5. The molecular weight excluding hydrogens is 456 g/mol. The number of carbonyl (C=O) groups excluding carboxylic acids is 1. The fraction of sp³-hybridized carbons (Fsp3) is 0.800. The van der Waals surface area contributed by atoms with Gasteiger partial charge in [0.1, 0.15) is 6.10 Å². The SMILES string of the molecule is CC(=O)OC1CC2(C)C(CC(O)C3C2CCC2C(C)C(O)CCC23C)C1=C(CCC=C(C)C)C(=O)O. The van der Waals surface area contributed by atoms with Crippen molar-refractivity contribution in [3.05, 3.63) is 22.8 Å². The summed E-state index contributed by atoms with van der Waals surface area (Å²) in [6, 6.07) is 0. The highest BCUT2D eigenvalue weighted by Crippen LogP contribution is 2.69. The van der Waals surface area contributed by atoms with E-state index in [9.17, 15) is 24.9 Å². The van der Waals surface area contributed by atoms with Crippen molar-refractivity contribution in [3.8, 4) is 0 Å². The lowest BCUT2D eigenvalue weighted by atomic mass is 9.42.